The van der Waals surface area contributed by atoms with E-state index in [1.807, 2.05) is 24.3 Å². The fourth-order valence-electron chi connectivity index (χ4n) is 6.19. The van der Waals surface area contributed by atoms with E-state index in [1.165, 1.54) is 17.2 Å². The Hall–Kier alpha value is -1.74. The molecule has 2 atom stereocenters. The molecule has 6 rings (SSSR count). The number of halogens is 1. The van der Waals surface area contributed by atoms with E-state index in [9.17, 15) is 4.79 Å². The molecule has 0 aliphatic heterocycles. The lowest BCUT2D eigenvalue weighted by Gasteiger charge is -2.59. The molecule has 4 bridgehead atoms. The van der Waals surface area contributed by atoms with Crippen LogP contribution in [0.25, 0.3) is 10.8 Å². The number of fused-ring (bicyclic) bond motifs is 1. The molecule has 4 fully saturated rings. The van der Waals surface area contributed by atoms with Gasteiger partial charge in [0.2, 0.25) is 5.91 Å². The van der Waals surface area contributed by atoms with E-state index in [1.54, 1.807) is 0 Å². The number of nitrogens with one attached hydrogen (secondary N) is 1. The van der Waals surface area contributed by atoms with Gasteiger partial charge in [-0.15, -0.1) is 11.6 Å². The van der Waals surface area contributed by atoms with Crippen molar-refractivity contribution in [2.45, 2.75) is 43.4 Å². The van der Waals surface area contributed by atoms with Crippen LogP contribution in [0.2, 0.25) is 0 Å². The quantitative estimate of drug-likeness (QED) is 0.588. The Morgan fingerprint density at radius 3 is 2.56 bits per heavy atom. The second kappa shape index (κ2) is 6.41. The van der Waals surface area contributed by atoms with Gasteiger partial charge in [-0.1, -0.05) is 30.3 Å². The maximum Gasteiger partial charge on any atom is 0.226 e. The molecule has 1 N–H and O–H groups in total. The molecule has 0 spiro atoms. The largest absolute Gasteiger partial charge is 0.492 e. The third-order valence-electron chi connectivity index (χ3n) is 6.85. The molecule has 1 amide bonds. The molecule has 142 valence electrons. The second-order valence-electron chi connectivity index (χ2n) is 9.01. The van der Waals surface area contributed by atoms with Crippen molar-refractivity contribution in [3.63, 3.8) is 0 Å². The first-order valence-corrected chi connectivity index (χ1v) is 10.5. The second-order valence-corrected chi connectivity index (χ2v) is 9.81. The Labute approximate surface area is 165 Å². The average molecular weight is 384 g/mol. The third-order valence-corrected chi connectivity index (χ3v) is 7.29. The zero-order chi connectivity index (χ0) is 18.5. The van der Waals surface area contributed by atoms with Gasteiger partial charge in [-0.05, 0) is 73.3 Å². The topological polar surface area (TPSA) is 38.3 Å². The molecule has 2 aromatic rings. The number of ether oxygens (including phenoxy) is 1. The minimum absolute atomic E-state index is 0.122. The van der Waals surface area contributed by atoms with Gasteiger partial charge in [-0.3, -0.25) is 4.79 Å². The summed E-state index contributed by atoms with van der Waals surface area (Å²) >= 11 is 6.85. The molecule has 0 heterocycles. The van der Waals surface area contributed by atoms with Crippen molar-refractivity contribution in [1.82, 2.24) is 5.32 Å². The van der Waals surface area contributed by atoms with E-state index < -0.39 is 0 Å². The van der Waals surface area contributed by atoms with E-state index in [2.05, 4.69) is 23.5 Å². The van der Waals surface area contributed by atoms with E-state index >= 15 is 0 Å². The summed E-state index contributed by atoms with van der Waals surface area (Å²) < 4.78 is 5.86. The molecular formula is C23H26ClNO2. The summed E-state index contributed by atoms with van der Waals surface area (Å²) in [5.41, 5.74) is -0.227. The number of carbonyl (C=O) groups is 1. The van der Waals surface area contributed by atoms with Crippen LogP contribution in [0.15, 0.2) is 42.5 Å². The normalized spacial score (nSPS) is 34.0. The molecule has 0 aromatic heterocycles. The summed E-state index contributed by atoms with van der Waals surface area (Å²) in [5.74, 6) is 2.33. The highest BCUT2D eigenvalue weighted by Crippen LogP contribution is 2.63. The molecule has 0 unspecified atom stereocenters. The molecule has 27 heavy (non-hydrogen) atoms. The van der Waals surface area contributed by atoms with Crippen LogP contribution >= 0.6 is 11.6 Å². The predicted octanol–water partition coefficient (Wildman–Crippen LogP) is 4.91. The number of alkyl halides is 1. The van der Waals surface area contributed by atoms with Crippen molar-refractivity contribution in [3.05, 3.63) is 42.5 Å². The van der Waals surface area contributed by atoms with Crippen LogP contribution in [0.3, 0.4) is 0 Å². The minimum Gasteiger partial charge on any atom is -0.492 e. The molecular weight excluding hydrogens is 358 g/mol. The Bertz CT molecular complexity index is 866. The molecule has 0 saturated heterocycles. The van der Waals surface area contributed by atoms with Crippen molar-refractivity contribution < 1.29 is 9.53 Å². The smallest absolute Gasteiger partial charge is 0.226 e. The van der Waals surface area contributed by atoms with Crippen molar-refractivity contribution in [2.24, 2.45) is 17.3 Å². The highest BCUT2D eigenvalue weighted by molar-refractivity contribution is 6.24. The standard InChI is InChI=1S/C23H26ClNO2/c24-23-13-16-9-17(14-23)12-22(11-16,15-23)21(26)25-7-8-27-20-6-5-18-3-1-2-4-19(18)10-20/h1-6,10,16-17H,7-9,11-15H2,(H,25,26)/t16-,17-,22?,23?/m1/s1. The van der Waals surface area contributed by atoms with Crippen LogP contribution in [-0.2, 0) is 4.79 Å². The molecule has 4 aliphatic carbocycles. The van der Waals surface area contributed by atoms with Gasteiger partial charge in [-0.2, -0.15) is 0 Å². The number of amides is 1. The lowest BCUT2D eigenvalue weighted by atomic mass is 9.49. The number of carbonyl (C=O) groups excluding carboxylic acids is 1. The van der Waals surface area contributed by atoms with Gasteiger partial charge < -0.3 is 10.1 Å². The monoisotopic (exact) mass is 383 g/mol. The van der Waals surface area contributed by atoms with Gasteiger partial charge in [0.25, 0.3) is 0 Å². The van der Waals surface area contributed by atoms with Crippen LogP contribution in [0.4, 0.5) is 0 Å². The molecule has 0 radical (unpaired) electrons. The van der Waals surface area contributed by atoms with Gasteiger partial charge in [-0.25, -0.2) is 0 Å². The van der Waals surface area contributed by atoms with Gasteiger partial charge in [0.15, 0.2) is 0 Å². The third kappa shape index (κ3) is 3.20. The molecule has 4 aliphatic rings. The summed E-state index contributed by atoms with van der Waals surface area (Å²) in [6.45, 7) is 1.02. The molecule has 4 saturated carbocycles. The summed E-state index contributed by atoms with van der Waals surface area (Å²) in [5, 5.41) is 5.51. The van der Waals surface area contributed by atoms with Gasteiger partial charge >= 0.3 is 0 Å². The number of hydrogen-bond acceptors (Lipinski definition) is 2. The fraction of sp³-hybridized carbons (Fsp3) is 0.522. The Morgan fingerprint density at radius 2 is 1.81 bits per heavy atom. The lowest BCUT2D eigenvalue weighted by molar-refractivity contribution is -0.144. The van der Waals surface area contributed by atoms with Crippen molar-refractivity contribution in [2.75, 3.05) is 13.2 Å². The Kier molecular flexibility index (Phi) is 4.12. The molecule has 4 heteroatoms. The van der Waals surface area contributed by atoms with Crippen LogP contribution in [0.5, 0.6) is 5.75 Å². The summed E-state index contributed by atoms with van der Waals surface area (Å²) in [6.07, 6.45) is 6.38. The SMILES string of the molecule is O=C(NCCOc1ccc2ccccc2c1)C12C[C@H]3C[C@@H](CC(Cl)(C3)C1)C2. The summed E-state index contributed by atoms with van der Waals surface area (Å²) in [6, 6.07) is 14.3. The number of hydrogen-bond donors (Lipinski definition) is 1. The first-order valence-electron chi connectivity index (χ1n) is 10.1. The van der Waals surface area contributed by atoms with Crippen LogP contribution in [-0.4, -0.2) is 23.9 Å². The first-order chi connectivity index (χ1) is 13.0. The Balaban J connectivity index is 1.18. The maximum absolute atomic E-state index is 13.0. The summed E-state index contributed by atoms with van der Waals surface area (Å²) in [4.78, 5) is 12.9. The fourth-order valence-corrected chi connectivity index (χ4v) is 6.89. The molecule has 3 nitrogen and oxygen atoms in total. The first kappa shape index (κ1) is 17.4. The predicted molar refractivity (Wildman–Crippen MR) is 108 cm³/mol. The number of benzene rings is 2. The van der Waals surface area contributed by atoms with E-state index in [4.69, 9.17) is 16.3 Å². The van der Waals surface area contributed by atoms with Crippen molar-refractivity contribution >= 4 is 28.3 Å². The highest BCUT2D eigenvalue weighted by Gasteiger charge is 2.59. The number of rotatable bonds is 5. The van der Waals surface area contributed by atoms with Gasteiger partial charge in [0, 0.05) is 4.87 Å². The van der Waals surface area contributed by atoms with Crippen LogP contribution in [0, 0.1) is 17.3 Å². The van der Waals surface area contributed by atoms with Crippen molar-refractivity contribution in [3.8, 4) is 5.75 Å². The maximum atomic E-state index is 13.0. The zero-order valence-corrected chi connectivity index (χ0v) is 16.3. The van der Waals surface area contributed by atoms with E-state index in [0.29, 0.717) is 25.0 Å². The minimum atomic E-state index is -0.227. The van der Waals surface area contributed by atoms with Crippen LogP contribution < -0.4 is 10.1 Å². The van der Waals surface area contributed by atoms with Gasteiger partial charge in [0.05, 0.1) is 12.0 Å². The van der Waals surface area contributed by atoms with Crippen LogP contribution in [0.1, 0.15) is 38.5 Å². The zero-order valence-electron chi connectivity index (χ0n) is 15.5. The highest BCUT2D eigenvalue weighted by atomic mass is 35.5. The average Bonchev–Trinajstić information content (AvgIpc) is 2.63. The van der Waals surface area contributed by atoms with Gasteiger partial charge in [0.1, 0.15) is 12.4 Å². The summed E-state index contributed by atoms with van der Waals surface area (Å²) in [7, 11) is 0. The van der Waals surface area contributed by atoms with Crippen molar-refractivity contribution in [1.29, 1.82) is 0 Å². The van der Waals surface area contributed by atoms with E-state index in [0.717, 1.165) is 37.9 Å². The van der Waals surface area contributed by atoms with E-state index in [-0.39, 0.29) is 16.2 Å². The molecule has 2 aromatic carbocycles. The lowest BCUT2D eigenvalue weighted by Crippen LogP contribution is -2.58. The Morgan fingerprint density at radius 1 is 1.07 bits per heavy atom.